The Balaban J connectivity index is 1.68. The number of phenolic OH excluding ortho intramolecular Hbond substituents is 1. The number of amides is 1. The van der Waals surface area contributed by atoms with Crippen LogP contribution >= 0.6 is 0 Å². The molecule has 3 aromatic rings. The Morgan fingerprint density at radius 3 is 2.13 bits per heavy atom. The van der Waals surface area contributed by atoms with Crippen LogP contribution in [0.25, 0.3) is 0 Å². The van der Waals surface area contributed by atoms with Gasteiger partial charge in [0.25, 0.3) is 0 Å². The smallest absolute Gasteiger partial charge is 0.408 e. The Morgan fingerprint density at radius 1 is 0.867 bits per heavy atom. The minimum atomic E-state index is -1.16. The van der Waals surface area contributed by atoms with Crippen LogP contribution in [-0.4, -0.2) is 28.3 Å². The van der Waals surface area contributed by atoms with Crippen molar-refractivity contribution in [3.05, 3.63) is 101 Å². The fourth-order valence-corrected chi connectivity index (χ4v) is 3.12. The van der Waals surface area contributed by atoms with Crippen LogP contribution in [0.1, 0.15) is 22.3 Å². The summed E-state index contributed by atoms with van der Waals surface area (Å²) in [7, 11) is 0. The number of hydrogen-bond donors (Lipinski definition) is 3. The third-order valence-corrected chi connectivity index (χ3v) is 4.65. The molecular formula is C24H23NO5. The Kier molecular flexibility index (Phi) is 7.05. The molecular weight excluding hydrogens is 382 g/mol. The maximum absolute atomic E-state index is 12.1. The molecule has 0 aliphatic carbocycles. The number of rotatable bonds is 8. The highest BCUT2D eigenvalue weighted by Gasteiger charge is 2.22. The Bertz CT molecular complexity index is 989. The number of ether oxygens (including phenoxy) is 1. The predicted octanol–water partition coefficient (Wildman–Crippen LogP) is 3.91. The molecule has 0 aliphatic heterocycles. The number of aromatic hydroxyl groups is 1. The standard InChI is InChI=1S/C24H23NO5/c26-21-12-11-19(20(14-21)13-17-7-3-1-4-8-17)15-22(23(27)28)25-24(29)30-16-18-9-5-2-6-10-18/h1-12,14,22,26H,13,15-16H2,(H,25,29)(H,27,28). The first-order chi connectivity index (χ1) is 14.5. The number of alkyl carbamates (subject to hydrolysis) is 1. The number of benzene rings is 3. The van der Waals surface area contributed by atoms with E-state index in [1.807, 2.05) is 60.7 Å². The maximum Gasteiger partial charge on any atom is 0.408 e. The maximum atomic E-state index is 12.1. The number of carbonyl (C=O) groups is 2. The molecule has 0 aromatic heterocycles. The van der Waals surface area contributed by atoms with Crippen LogP contribution in [0, 0.1) is 0 Å². The number of nitrogens with one attached hydrogen (secondary N) is 1. The van der Waals surface area contributed by atoms with Crippen LogP contribution in [-0.2, 0) is 29.0 Å². The number of carboxylic acids is 1. The molecule has 1 unspecified atom stereocenters. The van der Waals surface area contributed by atoms with Crippen molar-refractivity contribution < 1.29 is 24.5 Å². The Hall–Kier alpha value is -3.80. The summed E-state index contributed by atoms with van der Waals surface area (Å²) in [6, 6.07) is 22.5. The zero-order valence-electron chi connectivity index (χ0n) is 16.3. The predicted molar refractivity (Wildman–Crippen MR) is 112 cm³/mol. The number of aliphatic carboxylic acids is 1. The van der Waals surface area contributed by atoms with E-state index in [1.165, 1.54) is 6.07 Å². The van der Waals surface area contributed by atoms with Gasteiger partial charge in [0.1, 0.15) is 18.4 Å². The van der Waals surface area contributed by atoms with Gasteiger partial charge in [-0.25, -0.2) is 9.59 Å². The largest absolute Gasteiger partial charge is 0.508 e. The van der Waals surface area contributed by atoms with E-state index in [9.17, 15) is 19.8 Å². The van der Waals surface area contributed by atoms with E-state index in [1.54, 1.807) is 12.1 Å². The molecule has 154 valence electrons. The lowest BCUT2D eigenvalue weighted by Crippen LogP contribution is -2.42. The average Bonchev–Trinajstić information content (AvgIpc) is 2.75. The summed E-state index contributed by atoms with van der Waals surface area (Å²) in [5.74, 6) is -1.06. The second kappa shape index (κ2) is 10.1. The summed E-state index contributed by atoms with van der Waals surface area (Å²) in [6.45, 7) is 0.0531. The summed E-state index contributed by atoms with van der Waals surface area (Å²) < 4.78 is 5.14. The molecule has 0 aliphatic rings. The third-order valence-electron chi connectivity index (χ3n) is 4.65. The van der Waals surface area contributed by atoms with Crippen molar-refractivity contribution in [2.75, 3.05) is 0 Å². The fourth-order valence-electron chi connectivity index (χ4n) is 3.12. The molecule has 3 rings (SSSR count). The Morgan fingerprint density at radius 2 is 1.50 bits per heavy atom. The molecule has 0 bridgehead atoms. The van der Waals surface area contributed by atoms with E-state index >= 15 is 0 Å². The molecule has 30 heavy (non-hydrogen) atoms. The SMILES string of the molecule is O=C(NC(Cc1ccc(O)cc1Cc1ccccc1)C(=O)O)OCc1ccccc1. The summed E-state index contributed by atoms with van der Waals surface area (Å²) in [6.07, 6.45) is -0.192. The van der Waals surface area contributed by atoms with E-state index in [0.29, 0.717) is 6.42 Å². The van der Waals surface area contributed by atoms with Crippen molar-refractivity contribution in [3.63, 3.8) is 0 Å². The zero-order chi connectivity index (χ0) is 21.3. The topological polar surface area (TPSA) is 95.9 Å². The van der Waals surface area contributed by atoms with Crippen molar-refractivity contribution in [2.45, 2.75) is 25.5 Å². The first kappa shape index (κ1) is 20.9. The normalized spacial score (nSPS) is 11.5. The molecule has 6 heteroatoms. The average molecular weight is 405 g/mol. The highest BCUT2D eigenvalue weighted by atomic mass is 16.5. The van der Waals surface area contributed by atoms with Gasteiger partial charge < -0.3 is 20.3 Å². The van der Waals surface area contributed by atoms with E-state index in [4.69, 9.17) is 4.74 Å². The molecule has 0 saturated heterocycles. The molecule has 0 fully saturated rings. The summed E-state index contributed by atoms with van der Waals surface area (Å²) in [5.41, 5.74) is 3.37. The number of hydrogen-bond acceptors (Lipinski definition) is 4. The highest BCUT2D eigenvalue weighted by Crippen LogP contribution is 2.21. The number of carbonyl (C=O) groups excluding carboxylic acids is 1. The molecule has 6 nitrogen and oxygen atoms in total. The molecule has 0 heterocycles. The van der Waals surface area contributed by atoms with Crippen LogP contribution in [0.15, 0.2) is 78.9 Å². The van der Waals surface area contributed by atoms with E-state index in [2.05, 4.69) is 5.32 Å². The lowest BCUT2D eigenvalue weighted by atomic mass is 9.95. The van der Waals surface area contributed by atoms with Gasteiger partial charge >= 0.3 is 12.1 Å². The van der Waals surface area contributed by atoms with Crippen LogP contribution in [0.5, 0.6) is 5.75 Å². The zero-order valence-corrected chi connectivity index (χ0v) is 16.3. The van der Waals surface area contributed by atoms with Gasteiger partial charge in [-0.15, -0.1) is 0 Å². The van der Waals surface area contributed by atoms with Crippen molar-refractivity contribution in [1.29, 1.82) is 0 Å². The van der Waals surface area contributed by atoms with Crippen molar-refractivity contribution in [3.8, 4) is 5.75 Å². The third kappa shape index (κ3) is 6.10. The van der Waals surface area contributed by atoms with Crippen LogP contribution < -0.4 is 5.32 Å². The first-order valence-electron chi connectivity index (χ1n) is 9.56. The van der Waals surface area contributed by atoms with Gasteiger partial charge in [-0.05, 0) is 40.8 Å². The minimum absolute atomic E-state index is 0.0531. The van der Waals surface area contributed by atoms with Crippen molar-refractivity contribution in [1.82, 2.24) is 5.32 Å². The van der Waals surface area contributed by atoms with E-state index in [0.717, 1.165) is 22.3 Å². The van der Waals surface area contributed by atoms with Gasteiger partial charge in [0, 0.05) is 6.42 Å². The Labute approximate surface area is 174 Å². The lowest BCUT2D eigenvalue weighted by molar-refractivity contribution is -0.139. The van der Waals surface area contributed by atoms with Crippen molar-refractivity contribution in [2.24, 2.45) is 0 Å². The second-order valence-corrected chi connectivity index (χ2v) is 6.92. The van der Waals surface area contributed by atoms with E-state index in [-0.39, 0.29) is 18.8 Å². The molecule has 1 amide bonds. The summed E-state index contributed by atoms with van der Waals surface area (Å²) >= 11 is 0. The molecule has 3 aromatic carbocycles. The van der Waals surface area contributed by atoms with Crippen LogP contribution in [0.3, 0.4) is 0 Å². The number of phenols is 1. The summed E-state index contributed by atoms with van der Waals surface area (Å²) in [5, 5.41) is 21.9. The number of carboxylic acid groups (broad SMARTS) is 1. The highest BCUT2D eigenvalue weighted by molar-refractivity contribution is 5.80. The molecule has 0 radical (unpaired) electrons. The van der Waals surface area contributed by atoms with Gasteiger partial charge in [0.05, 0.1) is 0 Å². The van der Waals surface area contributed by atoms with Gasteiger partial charge in [-0.3, -0.25) is 0 Å². The first-order valence-corrected chi connectivity index (χ1v) is 9.56. The quantitative estimate of drug-likeness (QED) is 0.528. The van der Waals surface area contributed by atoms with Crippen LogP contribution in [0.2, 0.25) is 0 Å². The van der Waals surface area contributed by atoms with Gasteiger partial charge in [-0.1, -0.05) is 66.7 Å². The minimum Gasteiger partial charge on any atom is -0.508 e. The van der Waals surface area contributed by atoms with Gasteiger partial charge in [-0.2, -0.15) is 0 Å². The fraction of sp³-hybridized carbons (Fsp3) is 0.167. The van der Waals surface area contributed by atoms with E-state index < -0.39 is 18.1 Å². The molecule has 0 saturated carbocycles. The summed E-state index contributed by atoms with van der Waals surface area (Å²) in [4.78, 5) is 23.8. The lowest BCUT2D eigenvalue weighted by Gasteiger charge is -2.17. The van der Waals surface area contributed by atoms with Gasteiger partial charge in [0.15, 0.2) is 0 Å². The molecule has 3 N–H and O–H groups in total. The molecule has 1 atom stereocenters. The second-order valence-electron chi connectivity index (χ2n) is 6.92. The molecule has 0 spiro atoms. The monoisotopic (exact) mass is 405 g/mol. The van der Waals surface area contributed by atoms with Gasteiger partial charge in [0.2, 0.25) is 0 Å². The van der Waals surface area contributed by atoms with Crippen molar-refractivity contribution >= 4 is 12.1 Å². The van der Waals surface area contributed by atoms with Crippen LogP contribution in [0.4, 0.5) is 4.79 Å².